The van der Waals surface area contributed by atoms with Gasteiger partial charge in [0.25, 0.3) is 0 Å². The molecular formula is C10H17ClO2Si. The lowest BCUT2D eigenvalue weighted by Gasteiger charge is -2.50. The lowest BCUT2D eigenvalue weighted by molar-refractivity contribution is -0.147. The Hall–Kier alpha value is 0.137. The van der Waals surface area contributed by atoms with E-state index < -0.39 is 8.32 Å². The monoisotopic (exact) mass is 232 g/mol. The smallest absolute Gasteiger partial charge is 0.184 e. The van der Waals surface area contributed by atoms with Gasteiger partial charge >= 0.3 is 0 Å². The van der Waals surface area contributed by atoms with E-state index in [1.54, 1.807) is 0 Å². The molecule has 0 N–H and O–H groups in total. The molecule has 2 unspecified atom stereocenters. The highest BCUT2D eigenvalue weighted by Crippen LogP contribution is 2.54. The molecule has 0 saturated heterocycles. The average molecular weight is 233 g/mol. The number of rotatable bonds is 2. The molecule has 0 heterocycles. The second-order valence-electron chi connectivity index (χ2n) is 5.38. The molecular weight excluding hydrogens is 216 g/mol. The van der Waals surface area contributed by atoms with Crippen LogP contribution in [0.1, 0.15) is 19.3 Å². The molecule has 2 saturated carbocycles. The van der Waals surface area contributed by atoms with Gasteiger partial charge in [-0.3, -0.25) is 4.79 Å². The first-order chi connectivity index (χ1) is 6.37. The van der Waals surface area contributed by atoms with Crippen molar-refractivity contribution >= 4 is 25.7 Å². The molecule has 3 atom stereocenters. The molecule has 14 heavy (non-hydrogen) atoms. The summed E-state index contributed by atoms with van der Waals surface area (Å²) in [5.41, 5.74) is -0.275. The Morgan fingerprint density at radius 1 is 1.50 bits per heavy atom. The molecule has 2 rings (SSSR count). The van der Waals surface area contributed by atoms with Crippen LogP contribution in [0.4, 0.5) is 0 Å². The molecule has 0 aliphatic heterocycles. The Bertz CT molecular complexity index is 274. The molecule has 2 aliphatic carbocycles. The third kappa shape index (κ3) is 1.37. The van der Waals surface area contributed by atoms with Gasteiger partial charge < -0.3 is 4.43 Å². The van der Waals surface area contributed by atoms with Crippen LogP contribution in [0.3, 0.4) is 0 Å². The highest BCUT2D eigenvalue weighted by Gasteiger charge is 2.65. The van der Waals surface area contributed by atoms with E-state index in [0.29, 0.717) is 0 Å². The SMILES string of the molecule is C[Si](C)(C)O[C@]12CCCC1C(=O)C2Cl. The molecule has 2 nitrogen and oxygen atoms in total. The van der Waals surface area contributed by atoms with Crippen molar-refractivity contribution in [3.05, 3.63) is 0 Å². The maximum Gasteiger partial charge on any atom is 0.184 e. The lowest BCUT2D eigenvalue weighted by atomic mass is 9.70. The molecule has 4 heteroatoms. The van der Waals surface area contributed by atoms with Crippen molar-refractivity contribution in [1.29, 1.82) is 0 Å². The molecule has 0 radical (unpaired) electrons. The van der Waals surface area contributed by atoms with Gasteiger partial charge in [-0.25, -0.2) is 0 Å². The van der Waals surface area contributed by atoms with E-state index in [-0.39, 0.29) is 22.7 Å². The quantitative estimate of drug-likeness (QED) is 0.541. The van der Waals surface area contributed by atoms with Crippen LogP contribution in [0.15, 0.2) is 0 Å². The van der Waals surface area contributed by atoms with Gasteiger partial charge in [-0.15, -0.1) is 11.6 Å². The number of carbonyl (C=O) groups is 1. The van der Waals surface area contributed by atoms with Crippen molar-refractivity contribution in [2.75, 3.05) is 0 Å². The fraction of sp³-hybridized carbons (Fsp3) is 0.900. The van der Waals surface area contributed by atoms with E-state index in [9.17, 15) is 4.79 Å². The Morgan fingerprint density at radius 3 is 2.71 bits per heavy atom. The highest BCUT2D eigenvalue weighted by molar-refractivity contribution is 6.70. The maximum atomic E-state index is 11.5. The van der Waals surface area contributed by atoms with E-state index >= 15 is 0 Å². The number of alkyl halides is 1. The van der Waals surface area contributed by atoms with Gasteiger partial charge in [0.2, 0.25) is 0 Å². The van der Waals surface area contributed by atoms with Gasteiger partial charge in [-0.05, 0) is 38.9 Å². The van der Waals surface area contributed by atoms with Crippen molar-refractivity contribution in [2.24, 2.45) is 5.92 Å². The first kappa shape index (κ1) is 10.6. The molecule has 80 valence electrons. The number of hydrogen-bond acceptors (Lipinski definition) is 2. The minimum absolute atomic E-state index is 0.108. The summed E-state index contributed by atoms with van der Waals surface area (Å²) in [6.07, 6.45) is 3.04. The van der Waals surface area contributed by atoms with E-state index in [1.807, 2.05) is 0 Å². The van der Waals surface area contributed by atoms with Gasteiger partial charge in [0.15, 0.2) is 14.1 Å². The van der Waals surface area contributed by atoms with Crippen LogP contribution in [0.2, 0.25) is 19.6 Å². The zero-order valence-electron chi connectivity index (χ0n) is 8.97. The van der Waals surface area contributed by atoms with Crippen LogP contribution in [-0.4, -0.2) is 25.1 Å². The molecule has 0 bridgehead atoms. The summed E-state index contributed by atoms with van der Waals surface area (Å²) in [6.45, 7) is 6.47. The second kappa shape index (κ2) is 3.06. The normalized spacial score (nSPS) is 42.1. The average Bonchev–Trinajstić information content (AvgIpc) is 2.42. The molecule has 2 fully saturated rings. The van der Waals surface area contributed by atoms with Crippen molar-refractivity contribution < 1.29 is 9.22 Å². The number of carbonyl (C=O) groups excluding carboxylic acids is 1. The largest absolute Gasteiger partial charge is 0.409 e. The molecule has 2 aliphatic rings. The zero-order chi connectivity index (χ0) is 10.6. The van der Waals surface area contributed by atoms with Crippen molar-refractivity contribution in [1.82, 2.24) is 0 Å². The topological polar surface area (TPSA) is 26.3 Å². The molecule has 0 aromatic carbocycles. The van der Waals surface area contributed by atoms with Crippen LogP contribution in [0, 0.1) is 5.92 Å². The fourth-order valence-corrected chi connectivity index (χ4v) is 4.79. The van der Waals surface area contributed by atoms with E-state index in [0.717, 1.165) is 19.3 Å². The molecule has 0 spiro atoms. The maximum absolute atomic E-state index is 11.5. The summed E-state index contributed by atoms with van der Waals surface area (Å²) < 4.78 is 6.15. The zero-order valence-corrected chi connectivity index (χ0v) is 10.7. The number of fused-ring (bicyclic) bond motifs is 1. The van der Waals surface area contributed by atoms with Crippen LogP contribution in [-0.2, 0) is 9.22 Å². The number of Topliss-reactive ketones (excluding diaryl/α,β-unsaturated/α-hetero) is 1. The first-order valence-corrected chi connectivity index (χ1v) is 9.09. The Balaban J connectivity index is 2.19. The predicted octanol–water partition coefficient (Wildman–Crippen LogP) is 2.57. The number of halogens is 1. The van der Waals surface area contributed by atoms with Gasteiger partial charge in [0.05, 0.1) is 5.60 Å². The van der Waals surface area contributed by atoms with Crippen molar-refractivity contribution in [3.63, 3.8) is 0 Å². The van der Waals surface area contributed by atoms with Crippen LogP contribution in [0.5, 0.6) is 0 Å². The molecule has 0 aromatic rings. The van der Waals surface area contributed by atoms with Gasteiger partial charge in [0, 0.05) is 5.92 Å². The van der Waals surface area contributed by atoms with Crippen LogP contribution < -0.4 is 0 Å². The third-order valence-electron chi connectivity index (χ3n) is 3.17. The van der Waals surface area contributed by atoms with Crippen LogP contribution >= 0.6 is 11.6 Å². The summed E-state index contributed by atoms with van der Waals surface area (Å²) in [4.78, 5) is 11.5. The van der Waals surface area contributed by atoms with Gasteiger partial charge in [0.1, 0.15) is 5.38 Å². The number of hydrogen-bond donors (Lipinski definition) is 0. The third-order valence-corrected chi connectivity index (χ3v) is 4.75. The molecule has 0 aromatic heterocycles. The predicted molar refractivity (Wildman–Crippen MR) is 59.2 cm³/mol. The van der Waals surface area contributed by atoms with E-state index in [2.05, 4.69) is 19.6 Å². The summed E-state index contributed by atoms with van der Waals surface area (Å²) >= 11 is 6.11. The summed E-state index contributed by atoms with van der Waals surface area (Å²) in [6, 6.07) is 0. The Labute approximate surface area is 91.1 Å². The van der Waals surface area contributed by atoms with Crippen molar-refractivity contribution in [3.8, 4) is 0 Å². The second-order valence-corrected chi connectivity index (χ2v) is 10.2. The minimum atomic E-state index is -1.59. The Morgan fingerprint density at radius 2 is 2.14 bits per heavy atom. The Kier molecular flexibility index (Phi) is 2.33. The standard InChI is InChI=1S/C10H17ClO2Si/c1-14(2,3)13-10-6-4-5-7(10)8(12)9(10)11/h7,9H,4-6H2,1-3H3/t7?,9?,10-/m1/s1. The van der Waals surface area contributed by atoms with Gasteiger partial charge in [-0.2, -0.15) is 0 Å². The fourth-order valence-electron chi connectivity index (χ4n) is 2.75. The number of ketones is 1. The first-order valence-electron chi connectivity index (χ1n) is 5.25. The highest BCUT2D eigenvalue weighted by atomic mass is 35.5. The molecule has 0 amide bonds. The van der Waals surface area contributed by atoms with Crippen LogP contribution in [0.25, 0.3) is 0 Å². The van der Waals surface area contributed by atoms with E-state index in [4.69, 9.17) is 16.0 Å². The summed E-state index contributed by atoms with van der Waals surface area (Å²) in [7, 11) is -1.59. The lowest BCUT2D eigenvalue weighted by Crippen LogP contribution is -2.66. The van der Waals surface area contributed by atoms with Gasteiger partial charge in [-0.1, -0.05) is 0 Å². The minimum Gasteiger partial charge on any atom is -0.409 e. The summed E-state index contributed by atoms with van der Waals surface area (Å²) in [5, 5.41) is -0.373. The summed E-state index contributed by atoms with van der Waals surface area (Å²) in [5.74, 6) is 0.319. The van der Waals surface area contributed by atoms with Crippen molar-refractivity contribution in [2.45, 2.75) is 49.9 Å². The van der Waals surface area contributed by atoms with E-state index in [1.165, 1.54) is 0 Å².